The van der Waals surface area contributed by atoms with Crippen LogP contribution in [0.25, 0.3) is 0 Å². The summed E-state index contributed by atoms with van der Waals surface area (Å²) in [7, 11) is 1.22. The summed E-state index contributed by atoms with van der Waals surface area (Å²) in [6.45, 7) is 0. The van der Waals surface area contributed by atoms with E-state index in [0.717, 1.165) is 6.08 Å². The maximum Gasteiger partial charge on any atom is 0.310 e. The van der Waals surface area contributed by atoms with Crippen LogP contribution in [0.1, 0.15) is 6.42 Å². The Morgan fingerprint density at radius 1 is 1.58 bits per heavy atom. The Labute approximate surface area is 68.4 Å². The number of ether oxygens (including phenoxy) is 1. The minimum atomic E-state index is -0.536. The highest BCUT2D eigenvalue weighted by Crippen LogP contribution is 2.07. The van der Waals surface area contributed by atoms with E-state index in [9.17, 15) is 14.4 Å². The summed E-state index contributed by atoms with van der Waals surface area (Å²) >= 11 is 0. The van der Waals surface area contributed by atoms with E-state index in [1.807, 2.05) is 5.32 Å². The standard InChI is InChI=1S/C7H7NO4/c1-12-6(10)3-4-2-5(9)8-7(4)11/h2H,3H2,1H3,(H,8,9,11). The van der Waals surface area contributed by atoms with Crippen LogP contribution in [-0.2, 0) is 19.1 Å². The highest BCUT2D eigenvalue weighted by molar-refractivity contribution is 6.17. The van der Waals surface area contributed by atoms with Crippen LogP contribution in [0.3, 0.4) is 0 Å². The molecule has 1 N–H and O–H groups in total. The van der Waals surface area contributed by atoms with Gasteiger partial charge in [0.25, 0.3) is 11.8 Å². The molecule has 5 nitrogen and oxygen atoms in total. The number of amides is 2. The van der Waals surface area contributed by atoms with Crippen molar-refractivity contribution in [1.82, 2.24) is 5.32 Å². The number of rotatable bonds is 2. The predicted octanol–water partition coefficient (Wildman–Crippen LogP) is -0.868. The lowest BCUT2D eigenvalue weighted by molar-refractivity contribution is -0.140. The molecule has 0 radical (unpaired) electrons. The molecule has 64 valence electrons. The molecular formula is C7H7NO4. The lowest BCUT2D eigenvalue weighted by Gasteiger charge is -1.96. The van der Waals surface area contributed by atoms with Gasteiger partial charge in [-0.25, -0.2) is 0 Å². The molecule has 1 aliphatic heterocycles. The Morgan fingerprint density at radius 2 is 2.25 bits per heavy atom. The molecule has 0 aliphatic carbocycles. The Morgan fingerprint density at radius 3 is 2.67 bits per heavy atom. The van der Waals surface area contributed by atoms with Gasteiger partial charge in [0.15, 0.2) is 0 Å². The Hall–Kier alpha value is -1.65. The highest BCUT2D eigenvalue weighted by Gasteiger charge is 2.22. The van der Waals surface area contributed by atoms with Gasteiger partial charge in [-0.2, -0.15) is 0 Å². The maximum atomic E-state index is 10.8. The molecule has 0 aromatic heterocycles. The fourth-order valence-electron chi connectivity index (χ4n) is 0.811. The number of esters is 1. The van der Waals surface area contributed by atoms with Gasteiger partial charge in [0.2, 0.25) is 0 Å². The molecule has 0 saturated carbocycles. The monoisotopic (exact) mass is 169 g/mol. The number of carbonyl (C=O) groups is 3. The second-order valence-electron chi connectivity index (χ2n) is 2.24. The molecule has 1 rings (SSSR count). The minimum Gasteiger partial charge on any atom is -0.469 e. The molecule has 1 aliphatic rings. The molecule has 0 unspecified atom stereocenters. The lowest BCUT2D eigenvalue weighted by Crippen LogP contribution is -2.22. The number of hydrogen-bond acceptors (Lipinski definition) is 4. The van der Waals surface area contributed by atoms with Crippen LogP contribution < -0.4 is 5.32 Å². The summed E-state index contributed by atoms with van der Waals surface area (Å²) in [5.41, 5.74) is 0.145. The zero-order valence-corrected chi connectivity index (χ0v) is 6.42. The first-order chi connectivity index (χ1) is 5.63. The van der Waals surface area contributed by atoms with Gasteiger partial charge in [-0.1, -0.05) is 0 Å². The summed E-state index contributed by atoms with van der Waals surface area (Å²) < 4.78 is 4.32. The predicted molar refractivity (Wildman–Crippen MR) is 37.9 cm³/mol. The van der Waals surface area contributed by atoms with Crippen molar-refractivity contribution in [3.63, 3.8) is 0 Å². The van der Waals surface area contributed by atoms with Crippen molar-refractivity contribution < 1.29 is 19.1 Å². The Kier molecular flexibility index (Phi) is 2.23. The van der Waals surface area contributed by atoms with Gasteiger partial charge in [-0.3, -0.25) is 19.7 Å². The zero-order chi connectivity index (χ0) is 9.14. The topological polar surface area (TPSA) is 72.5 Å². The van der Waals surface area contributed by atoms with Gasteiger partial charge in [0, 0.05) is 11.6 Å². The first kappa shape index (κ1) is 8.45. The Bertz CT molecular complexity index is 279. The van der Waals surface area contributed by atoms with Gasteiger partial charge < -0.3 is 4.74 Å². The van der Waals surface area contributed by atoms with Gasteiger partial charge in [-0.05, 0) is 0 Å². The largest absolute Gasteiger partial charge is 0.469 e. The molecule has 0 atom stereocenters. The molecule has 5 heteroatoms. The molecule has 2 amide bonds. The van der Waals surface area contributed by atoms with Gasteiger partial charge in [0.1, 0.15) is 0 Å². The van der Waals surface area contributed by atoms with Gasteiger partial charge in [-0.15, -0.1) is 0 Å². The lowest BCUT2D eigenvalue weighted by atomic mass is 10.2. The molecule has 1 heterocycles. The maximum absolute atomic E-state index is 10.8. The summed E-state index contributed by atoms with van der Waals surface area (Å²) in [6, 6.07) is 0. The van der Waals surface area contributed by atoms with Crippen molar-refractivity contribution in [2.24, 2.45) is 0 Å². The molecule has 0 spiro atoms. The Balaban J connectivity index is 2.64. The van der Waals surface area contributed by atoms with Crippen LogP contribution in [0.5, 0.6) is 0 Å². The van der Waals surface area contributed by atoms with E-state index in [0.29, 0.717) is 0 Å². The summed E-state index contributed by atoms with van der Waals surface area (Å²) in [4.78, 5) is 32.1. The normalized spacial score (nSPS) is 15.6. The molecule has 0 bridgehead atoms. The van der Waals surface area contributed by atoms with Crippen molar-refractivity contribution in [2.45, 2.75) is 6.42 Å². The summed E-state index contributed by atoms with van der Waals surface area (Å²) in [5, 5.41) is 2.02. The molecule has 0 saturated heterocycles. The third-order valence-corrected chi connectivity index (χ3v) is 1.40. The molecule has 12 heavy (non-hydrogen) atoms. The third-order valence-electron chi connectivity index (χ3n) is 1.40. The zero-order valence-electron chi connectivity index (χ0n) is 6.42. The quantitative estimate of drug-likeness (QED) is 0.431. The van der Waals surface area contributed by atoms with Crippen LogP contribution in [0, 0.1) is 0 Å². The van der Waals surface area contributed by atoms with E-state index in [-0.39, 0.29) is 12.0 Å². The van der Waals surface area contributed by atoms with Crippen LogP contribution in [0.15, 0.2) is 11.6 Å². The first-order valence-electron chi connectivity index (χ1n) is 3.26. The van der Waals surface area contributed by atoms with E-state index in [4.69, 9.17) is 0 Å². The SMILES string of the molecule is COC(=O)CC1=CC(=O)NC1=O. The molecule has 0 aromatic rings. The van der Waals surface area contributed by atoms with Crippen molar-refractivity contribution in [3.8, 4) is 0 Å². The summed E-state index contributed by atoms with van der Waals surface area (Å²) in [5.74, 6) is -1.55. The van der Waals surface area contributed by atoms with Crippen molar-refractivity contribution >= 4 is 17.8 Å². The van der Waals surface area contributed by atoms with Crippen LogP contribution in [-0.4, -0.2) is 24.9 Å². The van der Waals surface area contributed by atoms with Crippen LogP contribution in [0.4, 0.5) is 0 Å². The fourth-order valence-corrected chi connectivity index (χ4v) is 0.811. The first-order valence-corrected chi connectivity index (χ1v) is 3.26. The second kappa shape index (κ2) is 3.17. The number of imide groups is 1. The van der Waals surface area contributed by atoms with Gasteiger partial charge in [0.05, 0.1) is 13.5 Å². The number of carbonyl (C=O) groups excluding carboxylic acids is 3. The molecule has 0 aromatic carbocycles. The van der Waals surface area contributed by atoms with Crippen molar-refractivity contribution in [2.75, 3.05) is 7.11 Å². The van der Waals surface area contributed by atoms with Gasteiger partial charge >= 0.3 is 5.97 Å². The number of hydrogen-bond donors (Lipinski definition) is 1. The van der Waals surface area contributed by atoms with E-state index < -0.39 is 17.8 Å². The van der Waals surface area contributed by atoms with Crippen molar-refractivity contribution in [3.05, 3.63) is 11.6 Å². The third kappa shape index (κ3) is 1.69. The average Bonchev–Trinajstić information content (AvgIpc) is 2.30. The average molecular weight is 169 g/mol. The van der Waals surface area contributed by atoms with Crippen molar-refractivity contribution in [1.29, 1.82) is 0 Å². The second-order valence-corrected chi connectivity index (χ2v) is 2.24. The highest BCUT2D eigenvalue weighted by atomic mass is 16.5. The molecule has 0 fully saturated rings. The van der Waals surface area contributed by atoms with E-state index >= 15 is 0 Å². The van der Waals surface area contributed by atoms with E-state index in [2.05, 4.69) is 4.74 Å². The van der Waals surface area contributed by atoms with E-state index in [1.54, 1.807) is 0 Å². The van der Waals surface area contributed by atoms with Crippen LogP contribution in [0.2, 0.25) is 0 Å². The minimum absolute atomic E-state index is 0.145. The van der Waals surface area contributed by atoms with Crippen LogP contribution >= 0.6 is 0 Å². The smallest absolute Gasteiger partial charge is 0.310 e. The molecular weight excluding hydrogens is 162 g/mol. The summed E-state index contributed by atoms with van der Waals surface area (Å²) in [6.07, 6.45) is 0.938. The fraction of sp³-hybridized carbons (Fsp3) is 0.286. The number of nitrogens with one attached hydrogen (secondary N) is 1. The van der Waals surface area contributed by atoms with E-state index in [1.165, 1.54) is 7.11 Å². The number of methoxy groups -OCH3 is 1.